The second-order valence-electron chi connectivity index (χ2n) is 6.89. The van der Waals surface area contributed by atoms with Gasteiger partial charge in [0.2, 0.25) is 10.0 Å². The van der Waals surface area contributed by atoms with Gasteiger partial charge in [0.1, 0.15) is 0 Å². The van der Waals surface area contributed by atoms with Crippen molar-refractivity contribution >= 4 is 20.8 Å². The van der Waals surface area contributed by atoms with E-state index in [0.717, 1.165) is 27.5 Å². The number of hydrogen-bond donors (Lipinski definition) is 1. The molecule has 27 heavy (non-hydrogen) atoms. The highest BCUT2D eigenvalue weighted by Gasteiger charge is 2.56. The summed E-state index contributed by atoms with van der Waals surface area (Å²) >= 11 is 0. The van der Waals surface area contributed by atoms with E-state index in [2.05, 4.69) is 9.71 Å². The molecule has 0 radical (unpaired) electrons. The van der Waals surface area contributed by atoms with Crippen molar-refractivity contribution in [2.24, 2.45) is 5.92 Å². The van der Waals surface area contributed by atoms with E-state index < -0.39 is 21.9 Å². The Kier molecular flexibility index (Phi) is 4.24. The summed E-state index contributed by atoms with van der Waals surface area (Å²) in [5.41, 5.74) is 2.69. The molecule has 1 N–H and O–H groups in total. The van der Waals surface area contributed by atoms with Gasteiger partial charge >= 0.3 is 0 Å². The SMILES string of the molecule is Cc1cc(S(=O)(=O)NCC2CC2(F)F)ccc1-c1cccc2cnccc12. The van der Waals surface area contributed by atoms with Crippen LogP contribution in [-0.4, -0.2) is 25.9 Å². The molecule has 4 nitrogen and oxygen atoms in total. The Morgan fingerprint density at radius 3 is 2.67 bits per heavy atom. The molecule has 0 amide bonds. The lowest BCUT2D eigenvalue weighted by molar-refractivity contribution is 0.0998. The van der Waals surface area contributed by atoms with Crippen molar-refractivity contribution in [1.82, 2.24) is 9.71 Å². The summed E-state index contributed by atoms with van der Waals surface area (Å²) < 4.78 is 53.1. The van der Waals surface area contributed by atoms with Crippen LogP contribution in [0.5, 0.6) is 0 Å². The van der Waals surface area contributed by atoms with Crippen molar-refractivity contribution in [2.45, 2.75) is 24.2 Å². The number of fused-ring (bicyclic) bond motifs is 1. The zero-order chi connectivity index (χ0) is 19.2. The summed E-state index contributed by atoms with van der Waals surface area (Å²) in [6.07, 6.45) is 3.24. The molecule has 1 saturated carbocycles. The fourth-order valence-electron chi connectivity index (χ4n) is 3.25. The van der Waals surface area contributed by atoms with Gasteiger partial charge in [-0.1, -0.05) is 24.3 Å². The minimum atomic E-state index is -3.82. The third kappa shape index (κ3) is 3.44. The van der Waals surface area contributed by atoms with Crippen LogP contribution in [0.4, 0.5) is 8.78 Å². The van der Waals surface area contributed by atoms with Crippen molar-refractivity contribution in [2.75, 3.05) is 6.54 Å². The van der Waals surface area contributed by atoms with Crippen molar-refractivity contribution in [3.8, 4) is 11.1 Å². The number of aromatic nitrogens is 1. The van der Waals surface area contributed by atoms with Crippen LogP contribution in [0, 0.1) is 12.8 Å². The van der Waals surface area contributed by atoms with E-state index in [1.54, 1.807) is 24.5 Å². The van der Waals surface area contributed by atoms with Crippen LogP contribution in [0.15, 0.2) is 59.8 Å². The third-order valence-electron chi connectivity index (χ3n) is 4.95. The van der Waals surface area contributed by atoms with Gasteiger partial charge in [-0.05, 0) is 47.2 Å². The van der Waals surface area contributed by atoms with E-state index in [9.17, 15) is 17.2 Å². The van der Waals surface area contributed by atoms with Crippen molar-refractivity contribution in [3.63, 3.8) is 0 Å². The fraction of sp³-hybridized carbons (Fsp3) is 0.250. The molecule has 1 atom stereocenters. The van der Waals surface area contributed by atoms with Gasteiger partial charge in [-0.3, -0.25) is 4.98 Å². The molecule has 4 rings (SSSR count). The molecule has 0 bridgehead atoms. The lowest BCUT2D eigenvalue weighted by Crippen LogP contribution is -2.27. The average Bonchev–Trinajstić information content (AvgIpc) is 3.26. The maximum Gasteiger partial charge on any atom is 0.252 e. The molecular weight excluding hydrogens is 370 g/mol. The predicted octanol–water partition coefficient (Wildman–Crippen LogP) is 4.14. The standard InChI is InChI=1S/C20H18F2N2O2S/c1-13-9-16(27(25,26)24-12-15-10-20(15,21)22)5-6-17(13)19-4-2-3-14-11-23-8-7-18(14)19/h2-9,11,15,24H,10,12H2,1H3. The molecule has 1 aliphatic rings. The third-order valence-corrected chi connectivity index (χ3v) is 6.38. The maximum atomic E-state index is 13.0. The molecule has 7 heteroatoms. The van der Waals surface area contributed by atoms with Crippen LogP contribution in [0.1, 0.15) is 12.0 Å². The fourth-order valence-corrected chi connectivity index (χ4v) is 4.41. The molecule has 1 heterocycles. The molecule has 0 spiro atoms. The summed E-state index contributed by atoms with van der Waals surface area (Å²) in [5, 5.41) is 2.03. The zero-order valence-electron chi connectivity index (χ0n) is 14.6. The van der Waals surface area contributed by atoms with Crippen LogP contribution < -0.4 is 4.72 Å². The van der Waals surface area contributed by atoms with Gasteiger partial charge in [0, 0.05) is 36.7 Å². The maximum absolute atomic E-state index is 13.0. The number of nitrogens with one attached hydrogen (secondary N) is 1. The first-order chi connectivity index (χ1) is 12.8. The summed E-state index contributed by atoms with van der Waals surface area (Å²) in [4.78, 5) is 4.20. The summed E-state index contributed by atoms with van der Waals surface area (Å²) in [6.45, 7) is 1.59. The molecule has 2 aromatic carbocycles. The largest absolute Gasteiger partial charge is 0.264 e. The van der Waals surface area contributed by atoms with Gasteiger partial charge in [-0.2, -0.15) is 0 Å². The Balaban J connectivity index is 1.64. The van der Waals surface area contributed by atoms with Crippen LogP contribution in [0.2, 0.25) is 0 Å². The summed E-state index contributed by atoms with van der Waals surface area (Å²) in [7, 11) is -3.82. The Bertz CT molecular complexity index is 1120. The second-order valence-corrected chi connectivity index (χ2v) is 8.66. The Morgan fingerprint density at radius 1 is 1.19 bits per heavy atom. The number of sulfonamides is 1. The summed E-state index contributed by atoms with van der Waals surface area (Å²) in [5.74, 6) is -3.65. The molecule has 140 valence electrons. The normalized spacial score (nSPS) is 18.6. The van der Waals surface area contributed by atoms with Crippen LogP contribution in [0.25, 0.3) is 21.9 Å². The summed E-state index contributed by atoms with van der Waals surface area (Å²) in [6, 6.07) is 12.6. The zero-order valence-corrected chi connectivity index (χ0v) is 15.4. The first-order valence-electron chi connectivity index (χ1n) is 8.59. The predicted molar refractivity (Wildman–Crippen MR) is 100 cm³/mol. The number of benzene rings is 2. The number of rotatable bonds is 5. The molecule has 1 aromatic heterocycles. The lowest BCUT2D eigenvalue weighted by atomic mass is 9.96. The van der Waals surface area contributed by atoms with Gasteiger partial charge < -0.3 is 0 Å². The number of alkyl halides is 2. The highest BCUT2D eigenvalue weighted by Crippen LogP contribution is 2.48. The first kappa shape index (κ1) is 18.0. The van der Waals surface area contributed by atoms with E-state index in [-0.39, 0.29) is 17.9 Å². The van der Waals surface area contributed by atoms with Crippen LogP contribution in [0.3, 0.4) is 0 Å². The first-order valence-corrected chi connectivity index (χ1v) is 10.1. The van der Waals surface area contributed by atoms with Gasteiger partial charge in [0.25, 0.3) is 5.92 Å². The van der Waals surface area contributed by atoms with Crippen LogP contribution >= 0.6 is 0 Å². The van der Waals surface area contributed by atoms with Crippen molar-refractivity contribution in [3.05, 3.63) is 60.4 Å². The number of hydrogen-bond acceptors (Lipinski definition) is 3. The van der Waals surface area contributed by atoms with E-state index in [4.69, 9.17) is 0 Å². The van der Waals surface area contributed by atoms with Gasteiger partial charge in [0.05, 0.1) is 4.90 Å². The number of pyridine rings is 1. The van der Waals surface area contributed by atoms with E-state index in [1.165, 1.54) is 6.07 Å². The number of aryl methyl sites for hydroxylation is 1. The smallest absolute Gasteiger partial charge is 0.252 e. The highest BCUT2D eigenvalue weighted by atomic mass is 32.2. The van der Waals surface area contributed by atoms with E-state index in [1.807, 2.05) is 31.2 Å². The molecule has 0 saturated heterocycles. The Morgan fingerprint density at radius 2 is 1.96 bits per heavy atom. The Hall–Kier alpha value is -2.38. The monoisotopic (exact) mass is 388 g/mol. The van der Waals surface area contributed by atoms with E-state index >= 15 is 0 Å². The molecule has 3 aromatic rings. The van der Waals surface area contributed by atoms with Crippen LogP contribution in [-0.2, 0) is 10.0 Å². The second kappa shape index (κ2) is 6.35. The van der Waals surface area contributed by atoms with E-state index in [0.29, 0.717) is 0 Å². The molecule has 1 fully saturated rings. The van der Waals surface area contributed by atoms with Gasteiger partial charge in [-0.15, -0.1) is 0 Å². The molecule has 1 aliphatic carbocycles. The molecule has 0 aliphatic heterocycles. The minimum absolute atomic E-state index is 0.0784. The molecular formula is C20H18F2N2O2S. The van der Waals surface area contributed by atoms with Crippen molar-refractivity contribution in [1.29, 1.82) is 0 Å². The number of halogens is 2. The molecule has 1 unspecified atom stereocenters. The highest BCUT2D eigenvalue weighted by molar-refractivity contribution is 7.89. The van der Waals surface area contributed by atoms with Crippen molar-refractivity contribution < 1.29 is 17.2 Å². The topological polar surface area (TPSA) is 59.1 Å². The quantitative estimate of drug-likeness (QED) is 0.715. The average molecular weight is 388 g/mol. The Labute approximate surface area is 156 Å². The van der Waals surface area contributed by atoms with Gasteiger partial charge in [0.15, 0.2) is 0 Å². The minimum Gasteiger partial charge on any atom is -0.264 e. The lowest BCUT2D eigenvalue weighted by Gasteiger charge is -2.12. The number of nitrogens with zero attached hydrogens (tertiary/aromatic N) is 1. The van der Waals surface area contributed by atoms with Gasteiger partial charge in [-0.25, -0.2) is 21.9 Å².